The number of para-hydroxylation sites is 1. The van der Waals surface area contributed by atoms with E-state index in [9.17, 15) is 9.59 Å². The largest absolute Gasteiger partial charge is 0.467 e. The third-order valence-electron chi connectivity index (χ3n) is 3.37. The fraction of sp³-hybridized carbons (Fsp3) is 0.333. The highest BCUT2D eigenvalue weighted by atomic mass is 16.5. The molecule has 2 aromatic rings. The molecule has 0 fully saturated rings. The van der Waals surface area contributed by atoms with Gasteiger partial charge >= 0.3 is 5.97 Å². The van der Waals surface area contributed by atoms with Gasteiger partial charge in [-0.1, -0.05) is 18.2 Å². The van der Waals surface area contributed by atoms with Gasteiger partial charge in [-0.2, -0.15) is 0 Å². The average molecular weight is 290 g/mol. The summed E-state index contributed by atoms with van der Waals surface area (Å²) in [6.07, 6.45) is 0.128. The van der Waals surface area contributed by atoms with E-state index in [2.05, 4.69) is 15.0 Å². The molecule has 1 heterocycles. The van der Waals surface area contributed by atoms with Crippen molar-refractivity contribution in [2.75, 3.05) is 13.7 Å². The van der Waals surface area contributed by atoms with Gasteiger partial charge in [-0.15, -0.1) is 0 Å². The Labute approximate surface area is 122 Å². The van der Waals surface area contributed by atoms with Gasteiger partial charge in [-0.3, -0.25) is 4.79 Å². The summed E-state index contributed by atoms with van der Waals surface area (Å²) in [7, 11) is 1.21. The number of carbonyl (C=O) groups is 2. The summed E-state index contributed by atoms with van der Waals surface area (Å²) < 4.78 is 4.51. The smallest absolute Gasteiger partial charge is 0.330 e. The predicted octanol–water partition coefficient (Wildman–Crippen LogP) is 0.669. The number of aromatic nitrogens is 1. The molecule has 1 unspecified atom stereocenters. The number of rotatable bonds is 5. The van der Waals surface area contributed by atoms with E-state index < -0.39 is 18.6 Å². The topological polar surface area (TPSA) is 91.4 Å². The lowest BCUT2D eigenvalue weighted by atomic mass is 10.1. The average Bonchev–Trinajstić information content (AvgIpc) is 2.80. The van der Waals surface area contributed by atoms with Crippen molar-refractivity contribution in [3.8, 4) is 0 Å². The van der Waals surface area contributed by atoms with Gasteiger partial charge in [0.15, 0.2) is 6.04 Å². The molecule has 1 aromatic carbocycles. The first-order chi connectivity index (χ1) is 10.1. The zero-order valence-corrected chi connectivity index (χ0v) is 12.0. The van der Waals surface area contributed by atoms with Crippen molar-refractivity contribution in [1.29, 1.82) is 0 Å². The highest BCUT2D eigenvalue weighted by Gasteiger charge is 2.21. The van der Waals surface area contributed by atoms with Crippen molar-refractivity contribution in [3.05, 3.63) is 35.5 Å². The number of benzene rings is 1. The number of amides is 1. The summed E-state index contributed by atoms with van der Waals surface area (Å²) in [5, 5.41) is 12.6. The summed E-state index contributed by atoms with van der Waals surface area (Å²) >= 11 is 0. The highest BCUT2D eigenvalue weighted by molar-refractivity contribution is 5.91. The van der Waals surface area contributed by atoms with Gasteiger partial charge < -0.3 is 20.1 Å². The molecule has 0 bridgehead atoms. The lowest BCUT2D eigenvalue weighted by Gasteiger charge is -2.13. The highest BCUT2D eigenvalue weighted by Crippen LogP contribution is 2.22. The summed E-state index contributed by atoms with van der Waals surface area (Å²) in [4.78, 5) is 26.6. The van der Waals surface area contributed by atoms with Crippen LogP contribution in [-0.2, 0) is 20.7 Å². The fourth-order valence-corrected chi connectivity index (χ4v) is 2.29. The zero-order valence-electron chi connectivity index (χ0n) is 12.0. The molecule has 2 rings (SSSR count). The molecule has 6 nitrogen and oxygen atoms in total. The molecule has 0 saturated carbocycles. The fourth-order valence-electron chi connectivity index (χ4n) is 2.29. The van der Waals surface area contributed by atoms with Crippen molar-refractivity contribution in [2.45, 2.75) is 19.4 Å². The first-order valence-corrected chi connectivity index (χ1v) is 6.61. The van der Waals surface area contributed by atoms with Crippen LogP contribution in [0.4, 0.5) is 0 Å². The van der Waals surface area contributed by atoms with Gasteiger partial charge in [0, 0.05) is 16.6 Å². The SMILES string of the molecule is COC(=O)C(CO)NC(=O)Cc1c(C)[nH]c2ccccc12. The van der Waals surface area contributed by atoms with Crippen molar-refractivity contribution in [2.24, 2.45) is 0 Å². The van der Waals surface area contributed by atoms with Crippen LogP contribution in [0.3, 0.4) is 0 Å². The first-order valence-electron chi connectivity index (χ1n) is 6.61. The predicted molar refractivity (Wildman–Crippen MR) is 77.8 cm³/mol. The number of ether oxygens (including phenoxy) is 1. The lowest BCUT2D eigenvalue weighted by molar-refractivity contribution is -0.146. The third kappa shape index (κ3) is 3.22. The minimum Gasteiger partial charge on any atom is -0.467 e. The molecule has 1 atom stereocenters. The normalized spacial score (nSPS) is 12.1. The van der Waals surface area contributed by atoms with Crippen LogP contribution < -0.4 is 5.32 Å². The molecule has 1 amide bonds. The van der Waals surface area contributed by atoms with E-state index in [1.165, 1.54) is 7.11 Å². The number of hydrogen-bond donors (Lipinski definition) is 3. The summed E-state index contributed by atoms with van der Waals surface area (Å²) in [5.41, 5.74) is 2.75. The van der Waals surface area contributed by atoms with E-state index >= 15 is 0 Å². The van der Waals surface area contributed by atoms with Crippen LogP contribution in [0.25, 0.3) is 10.9 Å². The lowest BCUT2D eigenvalue weighted by Crippen LogP contribution is -2.44. The Hall–Kier alpha value is -2.34. The molecule has 0 spiro atoms. The van der Waals surface area contributed by atoms with E-state index in [1.807, 2.05) is 31.2 Å². The zero-order chi connectivity index (χ0) is 15.4. The Bertz CT molecular complexity index is 663. The van der Waals surface area contributed by atoms with Crippen LogP contribution >= 0.6 is 0 Å². The summed E-state index contributed by atoms with van der Waals surface area (Å²) in [5.74, 6) is -1.01. The molecule has 112 valence electrons. The Morgan fingerprint density at radius 1 is 1.38 bits per heavy atom. The monoisotopic (exact) mass is 290 g/mol. The number of nitrogens with one attached hydrogen (secondary N) is 2. The van der Waals surface area contributed by atoms with Crippen LogP contribution in [0.1, 0.15) is 11.3 Å². The van der Waals surface area contributed by atoms with Gasteiger partial charge in [0.2, 0.25) is 5.91 Å². The molecular weight excluding hydrogens is 272 g/mol. The first kappa shape index (κ1) is 15.1. The number of carbonyl (C=O) groups excluding carboxylic acids is 2. The van der Waals surface area contributed by atoms with E-state index in [0.717, 1.165) is 22.2 Å². The molecule has 0 aliphatic rings. The quantitative estimate of drug-likeness (QED) is 0.706. The Kier molecular flexibility index (Phi) is 4.59. The maximum Gasteiger partial charge on any atom is 0.330 e. The maximum atomic E-state index is 12.1. The Balaban J connectivity index is 2.14. The van der Waals surface area contributed by atoms with E-state index in [0.29, 0.717) is 0 Å². The number of fused-ring (bicyclic) bond motifs is 1. The summed E-state index contributed by atoms with van der Waals surface area (Å²) in [6.45, 7) is 1.40. The Morgan fingerprint density at radius 3 is 2.76 bits per heavy atom. The van der Waals surface area contributed by atoms with E-state index in [-0.39, 0.29) is 12.3 Å². The van der Waals surface area contributed by atoms with E-state index in [4.69, 9.17) is 5.11 Å². The number of aliphatic hydroxyl groups is 1. The van der Waals surface area contributed by atoms with Crippen LogP contribution in [0.2, 0.25) is 0 Å². The van der Waals surface area contributed by atoms with Crippen LogP contribution in [0.15, 0.2) is 24.3 Å². The molecule has 1 aromatic heterocycles. The minimum atomic E-state index is -1.03. The molecular formula is C15H18N2O4. The standard InChI is InChI=1S/C15H18N2O4/c1-9-11(10-5-3-4-6-12(10)16-9)7-14(19)17-13(8-18)15(20)21-2/h3-6,13,16,18H,7-8H2,1-2H3,(H,17,19). The molecule has 0 saturated heterocycles. The molecule has 6 heteroatoms. The summed E-state index contributed by atoms with van der Waals surface area (Å²) in [6, 6.07) is 6.66. The van der Waals surface area contributed by atoms with Gasteiger partial charge in [0.25, 0.3) is 0 Å². The third-order valence-corrected chi connectivity index (χ3v) is 3.37. The second-order valence-electron chi connectivity index (χ2n) is 4.78. The number of aliphatic hydroxyl groups excluding tert-OH is 1. The molecule has 3 N–H and O–H groups in total. The van der Waals surface area contributed by atoms with Crippen LogP contribution in [-0.4, -0.2) is 41.7 Å². The number of methoxy groups -OCH3 is 1. The molecule has 0 aliphatic heterocycles. The van der Waals surface area contributed by atoms with Crippen molar-refractivity contribution < 1.29 is 19.4 Å². The van der Waals surface area contributed by atoms with Crippen molar-refractivity contribution in [3.63, 3.8) is 0 Å². The molecule has 21 heavy (non-hydrogen) atoms. The molecule has 0 aliphatic carbocycles. The van der Waals surface area contributed by atoms with Crippen molar-refractivity contribution >= 4 is 22.8 Å². The number of hydrogen-bond acceptors (Lipinski definition) is 4. The van der Waals surface area contributed by atoms with E-state index in [1.54, 1.807) is 0 Å². The number of aryl methyl sites for hydroxylation is 1. The number of aromatic amines is 1. The van der Waals surface area contributed by atoms with Gasteiger partial charge in [0.05, 0.1) is 20.1 Å². The van der Waals surface area contributed by atoms with Crippen LogP contribution in [0, 0.1) is 6.92 Å². The van der Waals surface area contributed by atoms with Crippen LogP contribution in [0.5, 0.6) is 0 Å². The van der Waals surface area contributed by atoms with Gasteiger partial charge in [0.1, 0.15) is 0 Å². The maximum absolute atomic E-state index is 12.1. The number of esters is 1. The second kappa shape index (κ2) is 6.41. The van der Waals surface area contributed by atoms with Gasteiger partial charge in [-0.05, 0) is 18.6 Å². The van der Waals surface area contributed by atoms with Crippen molar-refractivity contribution in [1.82, 2.24) is 10.3 Å². The molecule has 0 radical (unpaired) electrons. The second-order valence-corrected chi connectivity index (χ2v) is 4.78. The Morgan fingerprint density at radius 2 is 2.10 bits per heavy atom. The minimum absolute atomic E-state index is 0.128. The van der Waals surface area contributed by atoms with Gasteiger partial charge in [-0.25, -0.2) is 4.79 Å². The number of H-pyrrole nitrogens is 1.